The van der Waals surface area contributed by atoms with Crippen molar-refractivity contribution in [1.29, 1.82) is 0 Å². The maximum atomic E-state index is 9.65. The van der Waals surface area contributed by atoms with Crippen molar-refractivity contribution in [1.82, 2.24) is 10.2 Å². The molecule has 136 valence electrons. The molecular formula is C20H28N2O3. The van der Waals surface area contributed by atoms with Gasteiger partial charge in [0.1, 0.15) is 18.1 Å². The summed E-state index contributed by atoms with van der Waals surface area (Å²) in [6, 6.07) is 12.5. The first-order valence-electron chi connectivity index (χ1n) is 8.99. The number of rotatable bonds is 8. The van der Waals surface area contributed by atoms with E-state index in [1.807, 2.05) is 12.1 Å². The Balaban J connectivity index is 1.51. The van der Waals surface area contributed by atoms with Gasteiger partial charge in [0, 0.05) is 33.3 Å². The van der Waals surface area contributed by atoms with Crippen molar-refractivity contribution in [3.05, 3.63) is 59.0 Å². The van der Waals surface area contributed by atoms with Gasteiger partial charge in [-0.05, 0) is 36.1 Å². The summed E-state index contributed by atoms with van der Waals surface area (Å²) >= 11 is 0. The topological polar surface area (TPSA) is 57.9 Å². The monoisotopic (exact) mass is 344 g/mol. The SMILES string of the molecule is COCc1ccc(CNCc2ccccc2CN2CCC(O)CC2)o1. The van der Waals surface area contributed by atoms with Crippen molar-refractivity contribution < 1.29 is 14.3 Å². The largest absolute Gasteiger partial charge is 0.462 e. The molecule has 0 aliphatic carbocycles. The minimum Gasteiger partial charge on any atom is -0.462 e. The van der Waals surface area contributed by atoms with E-state index in [1.54, 1.807) is 7.11 Å². The molecule has 2 heterocycles. The molecule has 3 rings (SSSR count). The number of hydrogen-bond acceptors (Lipinski definition) is 5. The summed E-state index contributed by atoms with van der Waals surface area (Å²) in [6.07, 6.45) is 1.63. The summed E-state index contributed by atoms with van der Waals surface area (Å²) in [5.41, 5.74) is 2.67. The molecule has 2 aromatic rings. The summed E-state index contributed by atoms with van der Waals surface area (Å²) < 4.78 is 10.8. The number of hydrogen-bond donors (Lipinski definition) is 2. The second-order valence-corrected chi connectivity index (χ2v) is 6.68. The van der Waals surface area contributed by atoms with Crippen LogP contribution in [0.1, 0.15) is 35.5 Å². The van der Waals surface area contributed by atoms with Gasteiger partial charge in [0.2, 0.25) is 0 Å². The Morgan fingerprint density at radius 2 is 1.80 bits per heavy atom. The van der Waals surface area contributed by atoms with E-state index in [4.69, 9.17) is 9.15 Å². The highest BCUT2D eigenvalue weighted by atomic mass is 16.5. The van der Waals surface area contributed by atoms with Gasteiger partial charge in [0.15, 0.2) is 0 Å². The van der Waals surface area contributed by atoms with Crippen LogP contribution in [0.2, 0.25) is 0 Å². The van der Waals surface area contributed by atoms with E-state index in [0.717, 1.165) is 50.5 Å². The van der Waals surface area contributed by atoms with Crippen LogP contribution in [0, 0.1) is 0 Å². The molecule has 0 atom stereocenters. The summed E-state index contributed by atoms with van der Waals surface area (Å²) in [7, 11) is 1.67. The Labute approximate surface area is 149 Å². The second-order valence-electron chi connectivity index (χ2n) is 6.68. The third kappa shape index (κ3) is 5.41. The van der Waals surface area contributed by atoms with E-state index in [0.29, 0.717) is 13.2 Å². The van der Waals surface area contributed by atoms with Gasteiger partial charge in [-0.25, -0.2) is 0 Å². The molecule has 5 nitrogen and oxygen atoms in total. The molecule has 1 aliphatic rings. The fraction of sp³-hybridized carbons (Fsp3) is 0.500. The lowest BCUT2D eigenvalue weighted by atomic mass is 10.0. The predicted molar refractivity (Wildman–Crippen MR) is 96.9 cm³/mol. The smallest absolute Gasteiger partial charge is 0.129 e. The molecule has 1 saturated heterocycles. The van der Waals surface area contributed by atoms with Crippen LogP contribution in [0.3, 0.4) is 0 Å². The highest BCUT2D eigenvalue weighted by molar-refractivity contribution is 5.27. The average Bonchev–Trinajstić information content (AvgIpc) is 3.06. The van der Waals surface area contributed by atoms with Gasteiger partial charge in [-0.1, -0.05) is 24.3 Å². The molecule has 2 N–H and O–H groups in total. The van der Waals surface area contributed by atoms with Crippen molar-refractivity contribution in [3.63, 3.8) is 0 Å². The zero-order chi connectivity index (χ0) is 17.5. The van der Waals surface area contributed by atoms with Gasteiger partial charge in [0.05, 0.1) is 12.6 Å². The fourth-order valence-electron chi connectivity index (χ4n) is 3.26. The Morgan fingerprint density at radius 3 is 2.56 bits per heavy atom. The van der Waals surface area contributed by atoms with Crippen LogP contribution >= 0.6 is 0 Å². The molecule has 0 radical (unpaired) electrons. The van der Waals surface area contributed by atoms with Crippen LogP contribution in [-0.2, 0) is 31.0 Å². The molecule has 5 heteroatoms. The molecule has 0 spiro atoms. The van der Waals surface area contributed by atoms with Crippen LogP contribution in [0.25, 0.3) is 0 Å². The van der Waals surface area contributed by atoms with Gasteiger partial charge < -0.3 is 19.6 Å². The number of nitrogens with zero attached hydrogens (tertiary/aromatic N) is 1. The number of aliphatic hydroxyl groups excluding tert-OH is 1. The highest BCUT2D eigenvalue weighted by Crippen LogP contribution is 2.17. The molecule has 0 unspecified atom stereocenters. The number of methoxy groups -OCH3 is 1. The van der Waals surface area contributed by atoms with E-state index in [2.05, 4.69) is 34.5 Å². The Kier molecular flexibility index (Phi) is 6.64. The lowest BCUT2D eigenvalue weighted by Gasteiger charge is -2.30. The number of likely N-dealkylation sites (tertiary alicyclic amines) is 1. The summed E-state index contributed by atoms with van der Waals surface area (Å²) in [6.45, 7) is 4.91. The molecule has 1 aromatic heterocycles. The zero-order valence-electron chi connectivity index (χ0n) is 14.9. The first kappa shape index (κ1) is 18.1. The third-order valence-electron chi connectivity index (χ3n) is 4.69. The fourth-order valence-corrected chi connectivity index (χ4v) is 3.26. The molecule has 25 heavy (non-hydrogen) atoms. The van der Waals surface area contributed by atoms with E-state index in [1.165, 1.54) is 11.1 Å². The lowest BCUT2D eigenvalue weighted by Crippen LogP contribution is -2.35. The first-order valence-corrected chi connectivity index (χ1v) is 8.99. The molecule has 0 saturated carbocycles. The summed E-state index contributed by atoms with van der Waals surface area (Å²) in [4.78, 5) is 2.43. The quantitative estimate of drug-likeness (QED) is 0.771. The second kappa shape index (κ2) is 9.15. The maximum Gasteiger partial charge on any atom is 0.129 e. The van der Waals surface area contributed by atoms with Gasteiger partial charge in [-0.3, -0.25) is 4.90 Å². The average molecular weight is 344 g/mol. The minimum absolute atomic E-state index is 0.121. The Morgan fingerprint density at radius 1 is 1.08 bits per heavy atom. The number of nitrogens with one attached hydrogen (secondary N) is 1. The molecule has 1 aliphatic heterocycles. The van der Waals surface area contributed by atoms with Crippen LogP contribution < -0.4 is 5.32 Å². The van der Waals surface area contributed by atoms with Crippen molar-refractivity contribution in [2.45, 2.75) is 45.2 Å². The third-order valence-corrected chi connectivity index (χ3v) is 4.69. The predicted octanol–water partition coefficient (Wildman–Crippen LogP) is 2.67. The van der Waals surface area contributed by atoms with E-state index in [-0.39, 0.29) is 6.10 Å². The van der Waals surface area contributed by atoms with Crippen molar-refractivity contribution in [2.24, 2.45) is 0 Å². The van der Waals surface area contributed by atoms with Crippen molar-refractivity contribution in [2.75, 3.05) is 20.2 Å². The van der Waals surface area contributed by atoms with Crippen LogP contribution in [0.5, 0.6) is 0 Å². The highest BCUT2D eigenvalue weighted by Gasteiger charge is 2.17. The number of furan rings is 1. The molecule has 0 amide bonds. The van der Waals surface area contributed by atoms with Crippen LogP contribution in [0.15, 0.2) is 40.8 Å². The summed E-state index contributed by atoms with van der Waals surface area (Å²) in [5, 5.41) is 13.1. The normalized spacial score (nSPS) is 16.4. The van der Waals surface area contributed by atoms with Crippen LogP contribution in [0.4, 0.5) is 0 Å². The van der Waals surface area contributed by atoms with Crippen molar-refractivity contribution in [3.8, 4) is 0 Å². The van der Waals surface area contributed by atoms with Crippen LogP contribution in [-0.4, -0.2) is 36.3 Å². The molecule has 0 bridgehead atoms. The number of piperidine rings is 1. The van der Waals surface area contributed by atoms with Crippen molar-refractivity contribution >= 4 is 0 Å². The summed E-state index contributed by atoms with van der Waals surface area (Å²) in [5.74, 6) is 1.78. The number of benzene rings is 1. The van der Waals surface area contributed by atoms with Gasteiger partial charge >= 0.3 is 0 Å². The molecule has 1 fully saturated rings. The standard InChI is InChI=1S/C20H28N2O3/c1-24-15-20-7-6-19(25-20)13-21-12-16-4-2-3-5-17(16)14-22-10-8-18(23)9-11-22/h2-7,18,21,23H,8-15H2,1H3. The number of ether oxygens (including phenoxy) is 1. The van der Waals surface area contributed by atoms with Gasteiger partial charge in [-0.15, -0.1) is 0 Å². The maximum absolute atomic E-state index is 9.65. The molecular weight excluding hydrogens is 316 g/mol. The minimum atomic E-state index is -0.121. The lowest BCUT2D eigenvalue weighted by molar-refractivity contribution is 0.0791. The van der Waals surface area contributed by atoms with Gasteiger partial charge in [-0.2, -0.15) is 0 Å². The van der Waals surface area contributed by atoms with E-state index in [9.17, 15) is 5.11 Å². The Hall–Kier alpha value is -1.66. The Bertz CT molecular complexity index is 648. The zero-order valence-corrected chi connectivity index (χ0v) is 14.9. The van der Waals surface area contributed by atoms with E-state index < -0.39 is 0 Å². The first-order chi connectivity index (χ1) is 12.2. The van der Waals surface area contributed by atoms with Gasteiger partial charge in [0.25, 0.3) is 0 Å². The number of aliphatic hydroxyl groups is 1. The van der Waals surface area contributed by atoms with E-state index >= 15 is 0 Å². The molecule has 1 aromatic carbocycles.